The Bertz CT molecular complexity index is 638. The molecule has 0 aromatic carbocycles. The Kier molecular flexibility index (Phi) is 7.09. The molecule has 0 aromatic heterocycles. The molecule has 0 bridgehead atoms. The monoisotopic (exact) mass is 406 g/mol. The second kappa shape index (κ2) is 8.74. The molecule has 2 aliphatic heterocycles. The molecule has 27 heavy (non-hydrogen) atoms. The summed E-state index contributed by atoms with van der Waals surface area (Å²) in [6.45, 7) is 7.04. The summed E-state index contributed by atoms with van der Waals surface area (Å²) in [5, 5.41) is 0. The van der Waals surface area contributed by atoms with Crippen LogP contribution < -0.4 is 0 Å². The first-order valence-electron chi connectivity index (χ1n) is 9.21. The van der Waals surface area contributed by atoms with E-state index in [1.165, 1.54) is 4.90 Å². The fourth-order valence-corrected chi connectivity index (χ4v) is 3.56. The van der Waals surface area contributed by atoms with Crippen molar-refractivity contribution in [3.63, 3.8) is 0 Å². The average molecular weight is 407 g/mol. The van der Waals surface area contributed by atoms with E-state index < -0.39 is 34.0 Å². The maximum absolute atomic E-state index is 12.7. The van der Waals surface area contributed by atoms with Gasteiger partial charge in [-0.1, -0.05) is 6.42 Å². The first kappa shape index (κ1) is 21.9. The van der Waals surface area contributed by atoms with E-state index in [9.17, 15) is 18.0 Å². The van der Waals surface area contributed by atoms with Gasteiger partial charge in [-0.15, -0.1) is 0 Å². The fraction of sp³-hybridized carbons (Fsp3) is 0.882. The first-order valence-corrected chi connectivity index (χ1v) is 11.0. The molecule has 2 unspecified atom stereocenters. The van der Waals surface area contributed by atoms with Crippen LogP contribution in [-0.4, -0.2) is 87.1 Å². The molecule has 2 aliphatic rings. The molecule has 1 amide bonds. The molecule has 0 N–H and O–H groups in total. The number of piperidine rings is 1. The van der Waals surface area contributed by atoms with Crippen LogP contribution in [0.2, 0.25) is 0 Å². The van der Waals surface area contributed by atoms with Gasteiger partial charge in [-0.25, -0.2) is 4.79 Å². The van der Waals surface area contributed by atoms with Gasteiger partial charge >= 0.3 is 12.1 Å². The summed E-state index contributed by atoms with van der Waals surface area (Å²) in [6, 6.07) is -0.577. The van der Waals surface area contributed by atoms with E-state index in [1.54, 1.807) is 20.8 Å². The lowest BCUT2D eigenvalue weighted by Crippen LogP contribution is -2.52. The third-order valence-corrected chi connectivity index (χ3v) is 4.89. The number of esters is 1. The van der Waals surface area contributed by atoms with Gasteiger partial charge in [0, 0.05) is 0 Å². The zero-order chi connectivity index (χ0) is 20.2. The summed E-state index contributed by atoms with van der Waals surface area (Å²) in [4.78, 5) is 28.4. The van der Waals surface area contributed by atoms with Crippen LogP contribution in [0.5, 0.6) is 0 Å². The van der Waals surface area contributed by atoms with E-state index in [-0.39, 0.29) is 25.7 Å². The van der Waals surface area contributed by atoms with Crippen molar-refractivity contribution < 1.29 is 31.7 Å². The number of hydrogen-bond acceptors (Lipinski definition) is 8. The number of amides is 1. The SMILES string of the molecule is CC(C)(C)OC(=O)C(CN1CC(COS(C)(=O)=O)OC1=O)N1CCCCC1. The van der Waals surface area contributed by atoms with Crippen molar-refractivity contribution in [2.24, 2.45) is 0 Å². The van der Waals surface area contributed by atoms with Gasteiger partial charge in [-0.3, -0.25) is 13.9 Å². The minimum absolute atomic E-state index is 0.142. The molecular weight excluding hydrogens is 376 g/mol. The highest BCUT2D eigenvalue weighted by atomic mass is 32.2. The molecule has 0 spiro atoms. The third kappa shape index (κ3) is 7.27. The zero-order valence-electron chi connectivity index (χ0n) is 16.5. The normalized spacial score (nSPS) is 23.2. The number of likely N-dealkylation sites (tertiary alicyclic amines) is 1. The molecule has 0 saturated carbocycles. The number of carbonyl (C=O) groups excluding carboxylic acids is 2. The van der Waals surface area contributed by atoms with Crippen LogP contribution in [0.4, 0.5) is 4.79 Å². The number of carbonyl (C=O) groups is 2. The third-order valence-electron chi connectivity index (χ3n) is 4.32. The Labute approximate surface area is 161 Å². The Morgan fingerprint density at radius 3 is 2.44 bits per heavy atom. The van der Waals surface area contributed by atoms with E-state index in [2.05, 4.69) is 0 Å². The topological polar surface area (TPSA) is 102 Å². The van der Waals surface area contributed by atoms with Crippen molar-refractivity contribution in [1.82, 2.24) is 9.80 Å². The van der Waals surface area contributed by atoms with Gasteiger partial charge in [0.15, 0.2) is 0 Å². The molecule has 2 fully saturated rings. The minimum Gasteiger partial charge on any atom is -0.459 e. The van der Waals surface area contributed by atoms with Gasteiger partial charge < -0.3 is 14.4 Å². The smallest absolute Gasteiger partial charge is 0.410 e. The minimum atomic E-state index is -3.61. The van der Waals surface area contributed by atoms with Crippen molar-refractivity contribution in [3.05, 3.63) is 0 Å². The molecule has 0 aliphatic carbocycles. The highest BCUT2D eigenvalue weighted by molar-refractivity contribution is 7.85. The van der Waals surface area contributed by atoms with Gasteiger partial charge in [0.2, 0.25) is 0 Å². The molecule has 0 aromatic rings. The standard InChI is InChI=1S/C17H30N2O7S/c1-17(2,3)26-15(20)14(18-8-6-5-7-9-18)11-19-10-13(25-16(19)21)12-24-27(4,22)23/h13-14H,5-12H2,1-4H3. The molecule has 10 heteroatoms. The summed E-state index contributed by atoms with van der Waals surface area (Å²) >= 11 is 0. The van der Waals surface area contributed by atoms with Crippen molar-refractivity contribution in [2.75, 3.05) is 39.0 Å². The summed E-state index contributed by atoms with van der Waals surface area (Å²) in [5.74, 6) is -0.368. The number of hydrogen-bond donors (Lipinski definition) is 0. The zero-order valence-corrected chi connectivity index (χ0v) is 17.3. The van der Waals surface area contributed by atoms with Crippen LogP contribution in [0.3, 0.4) is 0 Å². The van der Waals surface area contributed by atoms with E-state index in [0.717, 1.165) is 38.6 Å². The molecule has 9 nitrogen and oxygen atoms in total. The van der Waals surface area contributed by atoms with Crippen molar-refractivity contribution in [3.8, 4) is 0 Å². The molecule has 2 heterocycles. The van der Waals surface area contributed by atoms with E-state index in [0.29, 0.717) is 0 Å². The molecular formula is C17H30N2O7S. The summed E-state index contributed by atoms with van der Waals surface area (Å²) < 4.78 is 37.7. The predicted molar refractivity (Wildman–Crippen MR) is 97.7 cm³/mol. The van der Waals surface area contributed by atoms with Crippen molar-refractivity contribution in [1.29, 1.82) is 0 Å². The Morgan fingerprint density at radius 2 is 1.89 bits per heavy atom. The van der Waals surface area contributed by atoms with E-state index >= 15 is 0 Å². The number of rotatable bonds is 7. The summed E-state index contributed by atoms with van der Waals surface area (Å²) in [7, 11) is -3.61. The highest BCUT2D eigenvalue weighted by Crippen LogP contribution is 2.20. The lowest BCUT2D eigenvalue weighted by atomic mass is 10.1. The van der Waals surface area contributed by atoms with Gasteiger partial charge in [0.05, 0.1) is 19.3 Å². The quantitative estimate of drug-likeness (QED) is 0.455. The Morgan fingerprint density at radius 1 is 1.26 bits per heavy atom. The van der Waals surface area contributed by atoms with Crippen molar-refractivity contribution >= 4 is 22.2 Å². The van der Waals surface area contributed by atoms with Crippen LogP contribution in [0.1, 0.15) is 40.0 Å². The van der Waals surface area contributed by atoms with Gasteiger partial charge in [0.1, 0.15) is 24.4 Å². The number of ether oxygens (including phenoxy) is 2. The second-order valence-electron chi connectivity index (χ2n) is 8.05. The van der Waals surface area contributed by atoms with Gasteiger partial charge in [0.25, 0.3) is 10.1 Å². The van der Waals surface area contributed by atoms with Crippen LogP contribution in [0.15, 0.2) is 0 Å². The largest absolute Gasteiger partial charge is 0.459 e. The maximum Gasteiger partial charge on any atom is 0.410 e. The van der Waals surface area contributed by atoms with Crippen molar-refractivity contribution in [2.45, 2.75) is 57.8 Å². The Balaban J connectivity index is 2.03. The first-order chi connectivity index (χ1) is 12.4. The van der Waals surface area contributed by atoms with E-state index in [1.807, 2.05) is 4.90 Å². The lowest BCUT2D eigenvalue weighted by molar-refractivity contribution is -0.162. The van der Waals surface area contributed by atoms with Crippen LogP contribution in [0.25, 0.3) is 0 Å². The molecule has 0 radical (unpaired) electrons. The number of cyclic esters (lactones) is 1. The highest BCUT2D eigenvalue weighted by Gasteiger charge is 2.38. The summed E-state index contributed by atoms with van der Waals surface area (Å²) in [6.07, 6.45) is 2.78. The average Bonchev–Trinajstić information content (AvgIpc) is 2.89. The number of nitrogens with zero attached hydrogens (tertiary/aromatic N) is 2. The Hall–Kier alpha value is -1.39. The predicted octanol–water partition coefficient (Wildman–Crippen LogP) is 0.980. The second-order valence-corrected chi connectivity index (χ2v) is 9.69. The molecule has 156 valence electrons. The van der Waals surface area contributed by atoms with Gasteiger partial charge in [-0.2, -0.15) is 8.42 Å². The van der Waals surface area contributed by atoms with Crippen LogP contribution >= 0.6 is 0 Å². The van der Waals surface area contributed by atoms with Crippen LogP contribution in [0, 0.1) is 0 Å². The maximum atomic E-state index is 12.7. The molecule has 2 saturated heterocycles. The van der Waals surface area contributed by atoms with Crippen LogP contribution in [-0.2, 0) is 28.6 Å². The molecule has 2 rings (SSSR count). The van der Waals surface area contributed by atoms with E-state index in [4.69, 9.17) is 13.7 Å². The lowest BCUT2D eigenvalue weighted by Gasteiger charge is -2.36. The summed E-state index contributed by atoms with van der Waals surface area (Å²) in [5.41, 5.74) is -0.623. The van der Waals surface area contributed by atoms with Gasteiger partial charge in [-0.05, 0) is 46.7 Å². The fourth-order valence-electron chi connectivity index (χ4n) is 3.16. The molecule has 2 atom stereocenters.